The molecule has 0 spiro atoms. The summed E-state index contributed by atoms with van der Waals surface area (Å²) >= 11 is 0. The monoisotopic (exact) mass is 389 g/mol. The van der Waals surface area contributed by atoms with Crippen molar-refractivity contribution < 1.29 is 9.53 Å². The molecule has 0 unspecified atom stereocenters. The molecule has 0 amide bonds. The number of benzene rings is 1. The first-order valence-electron chi connectivity index (χ1n) is 10.3. The number of ketones is 1. The van der Waals surface area contributed by atoms with E-state index in [0.717, 1.165) is 31.6 Å². The number of nitrogens with zero attached hydrogens (tertiary/aromatic N) is 3. The zero-order valence-corrected chi connectivity index (χ0v) is 17.4. The molecule has 0 N–H and O–H groups in total. The van der Waals surface area contributed by atoms with Crippen molar-refractivity contribution in [1.29, 1.82) is 5.26 Å². The van der Waals surface area contributed by atoms with Crippen molar-refractivity contribution in [2.75, 3.05) is 25.1 Å². The van der Waals surface area contributed by atoms with E-state index in [2.05, 4.69) is 49.1 Å². The van der Waals surface area contributed by atoms with Gasteiger partial charge in [-0.25, -0.2) is 4.98 Å². The maximum atomic E-state index is 12.8. The van der Waals surface area contributed by atoms with E-state index in [1.165, 1.54) is 12.7 Å². The zero-order chi connectivity index (χ0) is 20.6. The molecule has 4 rings (SSSR count). The van der Waals surface area contributed by atoms with Gasteiger partial charge in [0.2, 0.25) is 0 Å². The van der Waals surface area contributed by atoms with E-state index in [1.54, 1.807) is 0 Å². The van der Waals surface area contributed by atoms with Gasteiger partial charge in [0.05, 0.1) is 18.4 Å². The highest BCUT2D eigenvalue weighted by Crippen LogP contribution is 2.42. The quantitative estimate of drug-likeness (QED) is 0.773. The fraction of sp³-hybridized carbons (Fsp3) is 0.458. The van der Waals surface area contributed by atoms with Gasteiger partial charge in [0.1, 0.15) is 11.6 Å². The minimum Gasteiger partial charge on any atom is -0.494 e. The number of piperidine rings is 1. The van der Waals surface area contributed by atoms with Crippen molar-refractivity contribution in [2.24, 2.45) is 5.41 Å². The fourth-order valence-electron chi connectivity index (χ4n) is 4.74. The van der Waals surface area contributed by atoms with Crippen LogP contribution >= 0.6 is 0 Å². The van der Waals surface area contributed by atoms with E-state index in [0.29, 0.717) is 41.5 Å². The molecular weight excluding hydrogens is 362 g/mol. The Morgan fingerprint density at radius 2 is 1.86 bits per heavy atom. The number of ether oxygens (including phenoxy) is 1. The maximum absolute atomic E-state index is 12.8. The third-order valence-corrected chi connectivity index (χ3v) is 6.15. The van der Waals surface area contributed by atoms with Crippen molar-refractivity contribution in [3.8, 4) is 11.8 Å². The Morgan fingerprint density at radius 3 is 2.48 bits per heavy atom. The van der Waals surface area contributed by atoms with E-state index < -0.39 is 0 Å². The van der Waals surface area contributed by atoms with Crippen LogP contribution in [0.4, 0.5) is 5.82 Å². The third-order valence-electron chi connectivity index (χ3n) is 6.15. The van der Waals surface area contributed by atoms with E-state index >= 15 is 0 Å². The second-order valence-corrected chi connectivity index (χ2v) is 8.89. The lowest BCUT2D eigenvalue weighted by molar-refractivity contribution is 0.0906. The number of nitriles is 1. The molecule has 150 valence electrons. The highest BCUT2D eigenvalue weighted by Gasteiger charge is 2.37. The van der Waals surface area contributed by atoms with E-state index in [1.807, 2.05) is 6.07 Å². The molecule has 2 aromatic rings. The molecule has 1 fully saturated rings. The number of anilines is 1. The Hall–Kier alpha value is -2.87. The Kier molecular flexibility index (Phi) is 5.04. The minimum atomic E-state index is -0.131. The van der Waals surface area contributed by atoms with Gasteiger partial charge < -0.3 is 9.64 Å². The summed E-state index contributed by atoms with van der Waals surface area (Å²) < 4.78 is 5.59. The van der Waals surface area contributed by atoms with Crippen molar-refractivity contribution >= 4 is 11.6 Å². The molecule has 1 aromatic carbocycles. The number of fused-ring (bicyclic) bond motifs is 1. The summed E-state index contributed by atoms with van der Waals surface area (Å²) in [5, 5.41) is 9.87. The van der Waals surface area contributed by atoms with Gasteiger partial charge in [0.15, 0.2) is 17.4 Å². The van der Waals surface area contributed by atoms with Crippen molar-refractivity contribution in [1.82, 2.24) is 4.98 Å². The van der Waals surface area contributed by atoms with Gasteiger partial charge in [-0.15, -0.1) is 0 Å². The number of rotatable bonds is 3. The van der Waals surface area contributed by atoms with Gasteiger partial charge in [0, 0.05) is 19.5 Å². The number of carbonyl (C=O) groups excluding carboxylic acids is 1. The molecule has 5 heteroatoms. The molecule has 1 aliphatic heterocycles. The predicted octanol–water partition coefficient (Wildman–Crippen LogP) is 4.50. The Balaban J connectivity index is 1.68. The first-order chi connectivity index (χ1) is 13.9. The summed E-state index contributed by atoms with van der Waals surface area (Å²) in [5.41, 5.74) is 2.90. The van der Waals surface area contributed by atoms with Gasteiger partial charge in [0.25, 0.3) is 0 Å². The molecule has 0 radical (unpaired) electrons. The maximum Gasteiger partial charge on any atom is 0.169 e. The number of carbonyl (C=O) groups is 1. The molecule has 0 atom stereocenters. The SMILES string of the molecule is COc1c(C#N)c(N2CCC(c3ccccc3)CC2)nc2c1C(=O)CC(C)(C)C2. The van der Waals surface area contributed by atoms with Crippen LogP contribution in [0, 0.1) is 16.7 Å². The standard InChI is InChI=1S/C24H27N3O2/c1-24(2)13-19-21(20(28)14-24)22(29-3)18(15-25)23(26-19)27-11-9-17(10-12-27)16-7-5-4-6-8-16/h4-8,17H,9-14H2,1-3H3. The average molecular weight is 389 g/mol. The highest BCUT2D eigenvalue weighted by atomic mass is 16.5. The summed E-state index contributed by atoms with van der Waals surface area (Å²) in [6.45, 7) is 5.84. The normalized spacial score (nSPS) is 18.8. The van der Waals surface area contributed by atoms with Gasteiger partial charge >= 0.3 is 0 Å². The molecule has 0 bridgehead atoms. The number of methoxy groups -OCH3 is 1. The summed E-state index contributed by atoms with van der Waals surface area (Å²) in [6.07, 6.45) is 3.19. The lowest BCUT2D eigenvalue weighted by Crippen LogP contribution is -2.35. The highest BCUT2D eigenvalue weighted by molar-refractivity contribution is 6.02. The number of pyridine rings is 1. The van der Waals surface area contributed by atoms with Crippen LogP contribution in [0.25, 0.3) is 0 Å². The first kappa shape index (κ1) is 19.4. The van der Waals surface area contributed by atoms with Crippen molar-refractivity contribution in [3.05, 3.63) is 52.7 Å². The van der Waals surface area contributed by atoms with Gasteiger partial charge in [-0.2, -0.15) is 5.26 Å². The van der Waals surface area contributed by atoms with Crippen molar-refractivity contribution in [3.63, 3.8) is 0 Å². The van der Waals surface area contributed by atoms with E-state index in [4.69, 9.17) is 9.72 Å². The number of aromatic nitrogens is 1. The van der Waals surface area contributed by atoms with E-state index in [-0.39, 0.29) is 11.2 Å². The molecule has 1 saturated heterocycles. The van der Waals surface area contributed by atoms with Gasteiger partial charge in [-0.3, -0.25) is 4.79 Å². The van der Waals surface area contributed by atoms with Crippen LogP contribution in [-0.4, -0.2) is 31.0 Å². The topological polar surface area (TPSA) is 66.2 Å². The number of hydrogen-bond donors (Lipinski definition) is 0. The molecule has 2 heterocycles. The average Bonchev–Trinajstić information content (AvgIpc) is 2.72. The Bertz CT molecular complexity index is 968. The summed E-state index contributed by atoms with van der Waals surface area (Å²) in [6, 6.07) is 12.9. The lowest BCUT2D eigenvalue weighted by Gasteiger charge is -2.36. The van der Waals surface area contributed by atoms with Crippen LogP contribution in [0.2, 0.25) is 0 Å². The molecule has 29 heavy (non-hydrogen) atoms. The van der Waals surface area contributed by atoms with Gasteiger partial charge in [-0.05, 0) is 36.2 Å². The number of Topliss-reactive ketones (excluding diaryl/α,β-unsaturated/α-hetero) is 1. The largest absolute Gasteiger partial charge is 0.494 e. The second kappa shape index (κ2) is 7.51. The van der Waals surface area contributed by atoms with Crippen LogP contribution < -0.4 is 9.64 Å². The minimum absolute atomic E-state index is 0.0198. The van der Waals surface area contributed by atoms with Gasteiger partial charge in [-0.1, -0.05) is 44.2 Å². The van der Waals surface area contributed by atoms with Crippen molar-refractivity contribution in [2.45, 2.75) is 45.4 Å². The molecule has 1 aromatic heterocycles. The molecule has 0 saturated carbocycles. The number of hydrogen-bond acceptors (Lipinski definition) is 5. The fourth-order valence-corrected chi connectivity index (χ4v) is 4.74. The third kappa shape index (κ3) is 3.60. The molecule has 2 aliphatic rings. The Labute approximate surface area is 172 Å². The predicted molar refractivity (Wildman–Crippen MR) is 113 cm³/mol. The van der Waals surface area contributed by atoms with Crippen LogP contribution in [0.3, 0.4) is 0 Å². The molecular formula is C24H27N3O2. The summed E-state index contributed by atoms with van der Waals surface area (Å²) in [5.74, 6) is 1.61. The van der Waals surface area contributed by atoms with Crippen LogP contribution in [0.15, 0.2) is 30.3 Å². The molecule has 1 aliphatic carbocycles. The zero-order valence-electron chi connectivity index (χ0n) is 17.4. The summed E-state index contributed by atoms with van der Waals surface area (Å²) in [7, 11) is 1.54. The summed E-state index contributed by atoms with van der Waals surface area (Å²) in [4.78, 5) is 19.8. The van der Waals surface area contributed by atoms with Crippen LogP contribution in [-0.2, 0) is 6.42 Å². The second-order valence-electron chi connectivity index (χ2n) is 8.89. The lowest BCUT2D eigenvalue weighted by atomic mass is 9.75. The first-order valence-corrected chi connectivity index (χ1v) is 10.3. The van der Waals surface area contributed by atoms with E-state index in [9.17, 15) is 10.1 Å². The van der Waals surface area contributed by atoms with Crippen LogP contribution in [0.1, 0.15) is 66.2 Å². The smallest absolute Gasteiger partial charge is 0.169 e. The Morgan fingerprint density at radius 1 is 1.17 bits per heavy atom. The van der Waals surface area contributed by atoms with Crippen LogP contribution in [0.5, 0.6) is 5.75 Å². The molecule has 5 nitrogen and oxygen atoms in total.